The Morgan fingerprint density at radius 3 is 2.52 bits per heavy atom. The maximum absolute atomic E-state index is 13.9. The average molecular weight is 326 g/mol. The van der Waals surface area contributed by atoms with Crippen LogP contribution in [0.1, 0.15) is 15.9 Å². The number of carbonyl (C=O) groups excluding carboxylic acids is 1. The van der Waals surface area contributed by atoms with E-state index in [0.717, 1.165) is 12.1 Å². The van der Waals surface area contributed by atoms with Crippen molar-refractivity contribution >= 4 is 39.9 Å². The van der Waals surface area contributed by atoms with Crippen molar-refractivity contribution in [3.8, 4) is 0 Å². The molecule has 0 aliphatic rings. The molecule has 0 radical (unpaired) electrons. The Morgan fingerprint density at radius 1 is 1.00 bits per heavy atom. The highest BCUT2D eigenvalue weighted by molar-refractivity contribution is 6.37. The Kier molecular flexibility index (Phi) is 3.43. The van der Waals surface area contributed by atoms with Gasteiger partial charge < -0.3 is 4.98 Å². The minimum Gasteiger partial charge on any atom is -0.360 e. The molecule has 1 heterocycles. The van der Waals surface area contributed by atoms with Gasteiger partial charge in [-0.1, -0.05) is 29.3 Å². The van der Waals surface area contributed by atoms with Gasteiger partial charge >= 0.3 is 0 Å². The van der Waals surface area contributed by atoms with Gasteiger partial charge in [0.25, 0.3) is 0 Å². The van der Waals surface area contributed by atoms with Gasteiger partial charge in [0.05, 0.1) is 15.6 Å². The summed E-state index contributed by atoms with van der Waals surface area (Å²) in [6.45, 7) is 0. The van der Waals surface area contributed by atoms with Crippen LogP contribution < -0.4 is 0 Å². The van der Waals surface area contributed by atoms with Crippen molar-refractivity contribution in [1.82, 2.24) is 4.98 Å². The lowest BCUT2D eigenvalue weighted by atomic mass is 10.0. The van der Waals surface area contributed by atoms with Crippen LogP contribution in [0.5, 0.6) is 0 Å². The van der Waals surface area contributed by atoms with Gasteiger partial charge in [-0.15, -0.1) is 0 Å². The van der Waals surface area contributed by atoms with Crippen LogP contribution in [0.25, 0.3) is 10.9 Å². The minimum atomic E-state index is -0.882. The van der Waals surface area contributed by atoms with Crippen LogP contribution in [0.3, 0.4) is 0 Å². The quantitative estimate of drug-likeness (QED) is 0.523. The Balaban J connectivity index is 2.20. The van der Waals surface area contributed by atoms with E-state index in [2.05, 4.69) is 4.98 Å². The van der Waals surface area contributed by atoms with Gasteiger partial charge in [0.1, 0.15) is 11.6 Å². The van der Waals surface area contributed by atoms with Crippen LogP contribution >= 0.6 is 23.2 Å². The molecule has 1 aromatic heterocycles. The predicted molar refractivity (Wildman–Crippen MR) is 78.1 cm³/mol. The molecule has 0 aliphatic heterocycles. The lowest BCUT2D eigenvalue weighted by Gasteiger charge is -2.04. The van der Waals surface area contributed by atoms with Crippen LogP contribution in [0.2, 0.25) is 10.0 Å². The number of hydrogen-bond acceptors (Lipinski definition) is 1. The molecular weight excluding hydrogens is 319 g/mol. The first-order valence-electron chi connectivity index (χ1n) is 5.94. The SMILES string of the molecule is O=C(c1cc(F)c(Cl)cc1F)c1c[nH]c2cccc(Cl)c12. The molecular formula is C15H7Cl2F2NO. The zero-order valence-electron chi connectivity index (χ0n) is 10.4. The molecule has 0 saturated carbocycles. The second-order valence-corrected chi connectivity index (χ2v) is 5.25. The molecule has 1 N–H and O–H groups in total. The van der Waals surface area contributed by atoms with E-state index in [9.17, 15) is 13.6 Å². The Hall–Kier alpha value is -1.91. The van der Waals surface area contributed by atoms with Gasteiger partial charge in [0.2, 0.25) is 0 Å². The number of aromatic amines is 1. The zero-order chi connectivity index (χ0) is 15.1. The summed E-state index contributed by atoms with van der Waals surface area (Å²) >= 11 is 11.6. The summed E-state index contributed by atoms with van der Waals surface area (Å²) in [5.74, 6) is -2.40. The summed E-state index contributed by atoms with van der Waals surface area (Å²) in [5, 5.41) is 0.451. The van der Waals surface area contributed by atoms with Crippen molar-refractivity contribution < 1.29 is 13.6 Å². The molecule has 3 aromatic rings. The van der Waals surface area contributed by atoms with Crippen molar-refractivity contribution in [2.45, 2.75) is 0 Å². The van der Waals surface area contributed by atoms with E-state index >= 15 is 0 Å². The lowest BCUT2D eigenvalue weighted by molar-refractivity contribution is 0.103. The van der Waals surface area contributed by atoms with E-state index in [1.807, 2.05) is 0 Å². The highest BCUT2D eigenvalue weighted by atomic mass is 35.5. The molecule has 2 nitrogen and oxygen atoms in total. The van der Waals surface area contributed by atoms with E-state index in [0.29, 0.717) is 15.9 Å². The van der Waals surface area contributed by atoms with Gasteiger partial charge in [-0.3, -0.25) is 4.79 Å². The molecule has 0 spiro atoms. The second kappa shape index (κ2) is 5.13. The largest absolute Gasteiger partial charge is 0.360 e. The molecule has 0 aliphatic carbocycles. The van der Waals surface area contributed by atoms with Gasteiger partial charge in [-0.2, -0.15) is 0 Å². The van der Waals surface area contributed by atoms with Gasteiger partial charge in [0, 0.05) is 22.7 Å². The number of carbonyl (C=O) groups is 1. The first kappa shape index (κ1) is 14.0. The van der Waals surface area contributed by atoms with E-state index in [1.54, 1.807) is 18.2 Å². The topological polar surface area (TPSA) is 32.9 Å². The fourth-order valence-corrected chi connectivity index (χ4v) is 2.59. The number of rotatable bonds is 2. The smallest absolute Gasteiger partial charge is 0.198 e. The third-order valence-corrected chi connectivity index (χ3v) is 3.76. The number of benzene rings is 2. The summed E-state index contributed by atoms with van der Waals surface area (Å²) < 4.78 is 27.3. The average Bonchev–Trinajstić information content (AvgIpc) is 2.87. The summed E-state index contributed by atoms with van der Waals surface area (Å²) in [4.78, 5) is 15.3. The number of hydrogen-bond donors (Lipinski definition) is 1. The molecule has 0 unspecified atom stereocenters. The highest BCUT2D eigenvalue weighted by Crippen LogP contribution is 2.29. The van der Waals surface area contributed by atoms with Crippen molar-refractivity contribution in [2.75, 3.05) is 0 Å². The maximum Gasteiger partial charge on any atom is 0.198 e. The summed E-state index contributed by atoms with van der Waals surface area (Å²) in [7, 11) is 0. The number of nitrogens with one attached hydrogen (secondary N) is 1. The molecule has 21 heavy (non-hydrogen) atoms. The number of ketones is 1. The summed E-state index contributed by atoms with van der Waals surface area (Å²) in [5.41, 5.74) is 0.426. The van der Waals surface area contributed by atoms with Crippen LogP contribution in [0, 0.1) is 11.6 Å². The van der Waals surface area contributed by atoms with Crippen molar-refractivity contribution in [2.24, 2.45) is 0 Å². The van der Waals surface area contributed by atoms with E-state index in [4.69, 9.17) is 23.2 Å². The van der Waals surface area contributed by atoms with Crippen LogP contribution in [-0.2, 0) is 0 Å². The highest BCUT2D eigenvalue weighted by Gasteiger charge is 2.21. The summed E-state index contributed by atoms with van der Waals surface area (Å²) in [6, 6.07) is 6.64. The predicted octanol–water partition coefficient (Wildman–Crippen LogP) is 4.98. The number of fused-ring (bicyclic) bond motifs is 1. The van der Waals surface area contributed by atoms with Crippen LogP contribution in [0.15, 0.2) is 36.5 Å². The first-order chi connectivity index (χ1) is 9.99. The number of aromatic nitrogens is 1. The molecule has 0 bridgehead atoms. The van der Waals surface area contributed by atoms with Crippen molar-refractivity contribution in [3.63, 3.8) is 0 Å². The third kappa shape index (κ3) is 2.30. The lowest BCUT2D eigenvalue weighted by Crippen LogP contribution is -2.05. The van der Waals surface area contributed by atoms with Crippen LogP contribution in [-0.4, -0.2) is 10.8 Å². The van der Waals surface area contributed by atoms with Crippen molar-refractivity contribution in [1.29, 1.82) is 0 Å². The molecule has 6 heteroatoms. The Morgan fingerprint density at radius 2 is 1.76 bits per heavy atom. The molecule has 0 atom stereocenters. The monoisotopic (exact) mass is 325 g/mol. The Bertz CT molecular complexity index is 873. The van der Waals surface area contributed by atoms with Gasteiger partial charge in [-0.05, 0) is 24.3 Å². The third-order valence-electron chi connectivity index (χ3n) is 3.15. The first-order valence-corrected chi connectivity index (χ1v) is 6.69. The number of halogens is 4. The second-order valence-electron chi connectivity index (χ2n) is 4.44. The minimum absolute atomic E-state index is 0.177. The Labute approximate surface area is 128 Å². The van der Waals surface area contributed by atoms with E-state index in [1.165, 1.54) is 6.20 Å². The van der Waals surface area contributed by atoms with E-state index in [-0.39, 0.29) is 10.6 Å². The normalized spacial score (nSPS) is 11.0. The van der Waals surface area contributed by atoms with Gasteiger partial charge in [0.15, 0.2) is 5.78 Å². The molecule has 0 saturated heterocycles. The standard InChI is InChI=1S/C15H7Cl2F2NO/c16-9-2-1-3-13-14(9)8(6-20-13)15(21)7-4-12(19)10(17)5-11(7)18/h1-6,20H. The van der Waals surface area contributed by atoms with E-state index < -0.39 is 23.0 Å². The van der Waals surface area contributed by atoms with Gasteiger partial charge in [-0.25, -0.2) is 8.78 Å². The summed E-state index contributed by atoms with van der Waals surface area (Å²) in [6.07, 6.45) is 1.42. The molecule has 106 valence electrons. The van der Waals surface area contributed by atoms with Crippen LogP contribution in [0.4, 0.5) is 8.78 Å². The fourth-order valence-electron chi connectivity index (χ4n) is 2.16. The molecule has 2 aromatic carbocycles. The molecule has 3 rings (SSSR count). The number of H-pyrrole nitrogens is 1. The molecule has 0 fully saturated rings. The fraction of sp³-hybridized carbons (Fsp3) is 0. The molecule has 0 amide bonds. The zero-order valence-corrected chi connectivity index (χ0v) is 11.9. The maximum atomic E-state index is 13.9. The van der Waals surface area contributed by atoms with Crippen molar-refractivity contribution in [3.05, 3.63) is 69.3 Å².